The van der Waals surface area contributed by atoms with Gasteiger partial charge in [-0.05, 0) is 13.8 Å². The highest BCUT2D eigenvalue weighted by Crippen LogP contribution is 2.08. The molecule has 0 spiro atoms. The zero-order chi connectivity index (χ0) is 14.3. The first-order chi connectivity index (χ1) is 8.96. The number of morpholine rings is 1. The second-order valence-corrected chi connectivity index (χ2v) is 5.28. The smallest absolute Gasteiger partial charge is 0.239 e. The number of ether oxygens (including phenoxy) is 2. The summed E-state index contributed by atoms with van der Waals surface area (Å²) >= 11 is 0. The maximum atomic E-state index is 12.1. The Morgan fingerprint density at radius 1 is 1.53 bits per heavy atom. The van der Waals surface area contributed by atoms with Crippen molar-refractivity contribution in [2.45, 2.75) is 31.9 Å². The number of nitrogens with one attached hydrogen (secondary N) is 1. The molecular weight excluding hydrogens is 248 g/mol. The lowest BCUT2D eigenvalue weighted by Crippen LogP contribution is -2.52. The highest BCUT2D eigenvalue weighted by Gasteiger charge is 2.25. The second-order valence-electron chi connectivity index (χ2n) is 5.28. The van der Waals surface area contributed by atoms with Gasteiger partial charge in [-0.3, -0.25) is 4.79 Å². The summed E-state index contributed by atoms with van der Waals surface area (Å²) in [6, 6.07) is -0.299. The first-order valence-electron chi connectivity index (χ1n) is 6.77. The third-order valence-electron chi connectivity index (χ3n) is 3.33. The second kappa shape index (κ2) is 7.79. The van der Waals surface area contributed by atoms with Crippen LogP contribution in [0, 0.1) is 0 Å². The third-order valence-corrected chi connectivity index (χ3v) is 3.33. The summed E-state index contributed by atoms with van der Waals surface area (Å²) in [6.07, 6.45) is 0.537. The summed E-state index contributed by atoms with van der Waals surface area (Å²) in [6.45, 7) is 6.92. The van der Waals surface area contributed by atoms with E-state index < -0.39 is 5.60 Å². The van der Waals surface area contributed by atoms with Crippen molar-refractivity contribution in [2.24, 2.45) is 0 Å². The molecule has 0 aliphatic carbocycles. The third kappa shape index (κ3) is 5.86. The number of carbonyl (C=O) groups is 1. The molecule has 1 heterocycles. The van der Waals surface area contributed by atoms with E-state index in [1.54, 1.807) is 18.9 Å². The first-order valence-corrected chi connectivity index (χ1v) is 6.77. The van der Waals surface area contributed by atoms with E-state index in [4.69, 9.17) is 9.47 Å². The molecule has 2 N–H and O–H groups in total. The normalized spacial score (nSPS) is 20.9. The number of aliphatic hydroxyl groups is 1. The molecule has 6 nitrogen and oxygen atoms in total. The van der Waals surface area contributed by atoms with E-state index in [2.05, 4.69) is 5.32 Å². The maximum absolute atomic E-state index is 12.1. The summed E-state index contributed by atoms with van der Waals surface area (Å²) < 4.78 is 10.2. The van der Waals surface area contributed by atoms with Crippen molar-refractivity contribution >= 4 is 5.91 Å². The van der Waals surface area contributed by atoms with Gasteiger partial charge in [0.2, 0.25) is 5.91 Å². The van der Waals surface area contributed by atoms with Crippen LogP contribution in [0.25, 0.3) is 0 Å². The number of carbonyl (C=O) groups excluding carboxylic acids is 1. The van der Waals surface area contributed by atoms with Gasteiger partial charge < -0.3 is 24.8 Å². The molecule has 0 aromatic rings. The lowest BCUT2D eigenvalue weighted by Gasteiger charge is -2.31. The number of hydrogen-bond acceptors (Lipinski definition) is 5. The average Bonchev–Trinajstić information content (AvgIpc) is 2.43. The molecule has 2 unspecified atom stereocenters. The molecule has 1 aliphatic heterocycles. The fraction of sp³-hybridized carbons (Fsp3) is 0.923. The molecule has 1 fully saturated rings. The molecule has 0 aromatic carbocycles. The Morgan fingerprint density at radius 2 is 2.16 bits per heavy atom. The van der Waals surface area contributed by atoms with Crippen LogP contribution in [0.15, 0.2) is 0 Å². The first kappa shape index (κ1) is 16.4. The molecule has 19 heavy (non-hydrogen) atoms. The fourth-order valence-corrected chi connectivity index (χ4v) is 1.93. The lowest BCUT2D eigenvalue weighted by molar-refractivity contribution is -0.137. The van der Waals surface area contributed by atoms with Crippen LogP contribution in [-0.2, 0) is 14.3 Å². The topological polar surface area (TPSA) is 71.0 Å². The minimum atomic E-state index is -0.866. The summed E-state index contributed by atoms with van der Waals surface area (Å²) in [5.41, 5.74) is -0.866. The molecule has 1 saturated heterocycles. The fourth-order valence-electron chi connectivity index (χ4n) is 1.93. The van der Waals surface area contributed by atoms with Crippen LogP contribution in [0.1, 0.15) is 20.3 Å². The van der Waals surface area contributed by atoms with Gasteiger partial charge in [-0.2, -0.15) is 0 Å². The molecule has 112 valence electrons. The van der Waals surface area contributed by atoms with Crippen LogP contribution >= 0.6 is 0 Å². The van der Waals surface area contributed by atoms with E-state index in [-0.39, 0.29) is 11.9 Å². The SMILES string of the molecule is COCCC(C)(O)CNC(C)C(=O)N1CCOCC1. The highest BCUT2D eigenvalue weighted by atomic mass is 16.5. The molecule has 0 bridgehead atoms. The molecule has 0 saturated carbocycles. The molecule has 1 amide bonds. The minimum Gasteiger partial charge on any atom is -0.389 e. The number of amides is 1. The van der Waals surface area contributed by atoms with Crippen molar-refractivity contribution in [2.75, 3.05) is 46.6 Å². The molecule has 0 aromatic heterocycles. The van der Waals surface area contributed by atoms with Gasteiger partial charge >= 0.3 is 0 Å². The summed E-state index contributed by atoms with van der Waals surface area (Å²) in [5, 5.41) is 13.2. The Hall–Kier alpha value is -0.690. The Kier molecular flexibility index (Phi) is 6.71. The predicted molar refractivity (Wildman–Crippen MR) is 72.0 cm³/mol. The zero-order valence-corrected chi connectivity index (χ0v) is 12.1. The molecule has 1 aliphatic rings. The lowest BCUT2D eigenvalue weighted by atomic mass is 10.0. The number of nitrogens with zero attached hydrogens (tertiary/aromatic N) is 1. The Balaban J connectivity index is 2.32. The standard InChI is InChI=1S/C13H26N2O4/c1-11(12(16)15-5-8-19-9-6-15)14-10-13(2,17)4-7-18-3/h11,14,17H,4-10H2,1-3H3. The van der Waals surface area contributed by atoms with Crippen LogP contribution in [0.5, 0.6) is 0 Å². The minimum absolute atomic E-state index is 0.0610. The zero-order valence-electron chi connectivity index (χ0n) is 12.1. The van der Waals surface area contributed by atoms with Gasteiger partial charge in [0.15, 0.2) is 0 Å². The van der Waals surface area contributed by atoms with Crippen molar-refractivity contribution in [3.8, 4) is 0 Å². The number of hydrogen-bond donors (Lipinski definition) is 2. The van der Waals surface area contributed by atoms with Crippen LogP contribution in [0.3, 0.4) is 0 Å². The van der Waals surface area contributed by atoms with Gasteiger partial charge in [0, 0.05) is 39.8 Å². The van der Waals surface area contributed by atoms with Crippen LogP contribution in [0.4, 0.5) is 0 Å². The number of methoxy groups -OCH3 is 1. The van der Waals surface area contributed by atoms with Crippen molar-refractivity contribution in [1.82, 2.24) is 10.2 Å². The van der Waals surface area contributed by atoms with Gasteiger partial charge in [-0.25, -0.2) is 0 Å². The predicted octanol–water partition coefficient (Wildman–Crippen LogP) is -0.389. The molecule has 2 atom stereocenters. The van der Waals surface area contributed by atoms with Crippen molar-refractivity contribution < 1.29 is 19.4 Å². The summed E-state index contributed by atoms with van der Waals surface area (Å²) in [4.78, 5) is 13.9. The van der Waals surface area contributed by atoms with Gasteiger partial charge in [0.1, 0.15) is 0 Å². The van der Waals surface area contributed by atoms with Crippen LogP contribution < -0.4 is 5.32 Å². The Bertz CT molecular complexity index is 278. The van der Waals surface area contributed by atoms with Crippen LogP contribution in [0.2, 0.25) is 0 Å². The molecular formula is C13H26N2O4. The van der Waals surface area contributed by atoms with Crippen molar-refractivity contribution in [1.29, 1.82) is 0 Å². The monoisotopic (exact) mass is 274 g/mol. The van der Waals surface area contributed by atoms with E-state index in [0.29, 0.717) is 45.9 Å². The average molecular weight is 274 g/mol. The van der Waals surface area contributed by atoms with E-state index in [0.717, 1.165) is 0 Å². The largest absolute Gasteiger partial charge is 0.389 e. The van der Waals surface area contributed by atoms with E-state index in [1.165, 1.54) is 0 Å². The Morgan fingerprint density at radius 3 is 2.74 bits per heavy atom. The van der Waals surface area contributed by atoms with Gasteiger partial charge in [0.25, 0.3) is 0 Å². The van der Waals surface area contributed by atoms with E-state index in [9.17, 15) is 9.90 Å². The highest BCUT2D eigenvalue weighted by molar-refractivity contribution is 5.81. The van der Waals surface area contributed by atoms with E-state index >= 15 is 0 Å². The molecule has 1 rings (SSSR count). The maximum Gasteiger partial charge on any atom is 0.239 e. The quantitative estimate of drug-likeness (QED) is 0.662. The van der Waals surface area contributed by atoms with Gasteiger partial charge in [0.05, 0.1) is 24.9 Å². The van der Waals surface area contributed by atoms with Gasteiger partial charge in [-0.1, -0.05) is 0 Å². The van der Waals surface area contributed by atoms with E-state index in [1.807, 2.05) is 6.92 Å². The molecule has 6 heteroatoms. The molecule has 0 radical (unpaired) electrons. The summed E-state index contributed by atoms with van der Waals surface area (Å²) in [7, 11) is 1.61. The summed E-state index contributed by atoms with van der Waals surface area (Å²) in [5.74, 6) is 0.0610. The number of rotatable bonds is 7. The van der Waals surface area contributed by atoms with Crippen LogP contribution in [-0.4, -0.2) is 74.1 Å². The Labute approximate surface area is 115 Å². The van der Waals surface area contributed by atoms with Crippen molar-refractivity contribution in [3.05, 3.63) is 0 Å². The van der Waals surface area contributed by atoms with Crippen molar-refractivity contribution in [3.63, 3.8) is 0 Å². The van der Waals surface area contributed by atoms with Gasteiger partial charge in [-0.15, -0.1) is 0 Å².